The first kappa shape index (κ1) is 19.2. The zero-order valence-electron chi connectivity index (χ0n) is 14.5. The van der Waals surface area contributed by atoms with Gasteiger partial charge in [-0.15, -0.1) is 0 Å². The van der Waals surface area contributed by atoms with Gasteiger partial charge in [-0.25, -0.2) is 4.79 Å². The molecule has 0 saturated carbocycles. The van der Waals surface area contributed by atoms with Crippen LogP contribution in [-0.2, 0) is 19.1 Å². The van der Waals surface area contributed by atoms with Crippen LogP contribution in [0.3, 0.4) is 0 Å². The van der Waals surface area contributed by atoms with Crippen LogP contribution < -0.4 is 5.73 Å². The number of hydrogen-bond acceptors (Lipinski definition) is 4. The molecule has 5 nitrogen and oxygen atoms in total. The van der Waals surface area contributed by atoms with E-state index in [1.165, 1.54) is 0 Å². The lowest BCUT2D eigenvalue weighted by Crippen LogP contribution is -2.69. The summed E-state index contributed by atoms with van der Waals surface area (Å²) in [6.07, 6.45) is 0. The number of quaternary nitrogens is 1. The van der Waals surface area contributed by atoms with Crippen LogP contribution in [0.1, 0.15) is 39.2 Å². The van der Waals surface area contributed by atoms with Gasteiger partial charge < -0.3 is 15.2 Å². The number of hydrogen-bond donors (Lipinski definition) is 1. The minimum absolute atomic E-state index is 0.228. The van der Waals surface area contributed by atoms with E-state index < -0.39 is 23.9 Å². The van der Waals surface area contributed by atoms with E-state index in [4.69, 9.17) is 9.47 Å². The lowest BCUT2D eigenvalue weighted by atomic mass is 9.92. The number of carbonyl (C=O) groups excluding carboxylic acids is 2. The minimum atomic E-state index is -0.837. The standard InChI is InChI=1S/C18H27NO4/c1-12(2)10-22-17(20)15(14-8-6-5-7-9-14)16(19)18(21)23-11-13(3)4/h5-9,12-13,15-16H,10-11,19H2,1-4H3/p+1. The van der Waals surface area contributed by atoms with Crippen LogP contribution in [0, 0.1) is 11.8 Å². The van der Waals surface area contributed by atoms with Crippen molar-refractivity contribution in [3.05, 3.63) is 35.9 Å². The second-order valence-electron chi connectivity index (χ2n) is 6.54. The Balaban J connectivity index is 2.90. The van der Waals surface area contributed by atoms with E-state index >= 15 is 0 Å². The monoisotopic (exact) mass is 322 g/mol. The van der Waals surface area contributed by atoms with Gasteiger partial charge in [0.2, 0.25) is 6.04 Å². The lowest BCUT2D eigenvalue weighted by molar-refractivity contribution is -0.412. The molecule has 0 heterocycles. The first-order chi connectivity index (χ1) is 10.8. The van der Waals surface area contributed by atoms with Crippen molar-refractivity contribution in [2.24, 2.45) is 11.8 Å². The highest BCUT2D eigenvalue weighted by atomic mass is 16.5. The summed E-state index contributed by atoms with van der Waals surface area (Å²) in [7, 11) is 0. The van der Waals surface area contributed by atoms with Crippen molar-refractivity contribution in [1.29, 1.82) is 0 Å². The summed E-state index contributed by atoms with van der Waals surface area (Å²) < 4.78 is 10.6. The number of ether oxygens (including phenoxy) is 2. The molecule has 0 spiro atoms. The van der Waals surface area contributed by atoms with Crippen molar-refractivity contribution in [3.8, 4) is 0 Å². The van der Waals surface area contributed by atoms with Crippen molar-refractivity contribution >= 4 is 11.9 Å². The predicted octanol–water partition coefficient (Wildman–Crippen LogP) is 1.78. The molecule has 0 aliphatic rings. The molecule has 1 aromatic rings. The molecule has 0 bridgehead atoms. The fourth-order valence-corrected chi connectivity index (χ4v) is 2.02. The van der Waals surface area contributed by atoms with Crippen LogP contribution in [0.15, 0.2) is 30.3 Å². The average Bonchev–Trinajstić information content (AvgIpc) is 2.51. The molecule has 1 rings (SSSR count). The Morgan fingerprint density at radius 2 is 1.39 bits per heavy atom. The van der Waals surface area contributed by atoms with E-state index in [0.717, 1.165) is 0 Å². The molecule has 3 N–H and O–H groups in total. The van der Waals surface area contributed by atoms with E-state index in [9.17, 15) is 9.59 Å². The van der Waals surface area contributed by atoms with E-state index in [1.54, 1.807) is 12.1 Å². The van der Waals surface area contributed by atoms with Gasteiger partial charge in [-0.3, -0.25) is 4.79 Å². The molecule has 0 saturated heterocycles. The quantitative estimate of drug-likeness (QED) is 0.740. The van der Waals surface area contributed by atoms with Gasteiger partial charge in [0.15, 0.2) is 0 Å². The molecule has 0 amide bonds. The minimum Gasteiger partial charge on any atom is -0.465 e. The summed E-state index contributed by atoms with van der Waals surface area (Å²) in [5, 5.41) is 0. The Hall–Kier alpha value is -1.88. The Bertz CT molecular complexity index is 499. The third-order valence-corrected chi connectivity index (χ3v) is 3.24. The van der Waals surface area contributed by atoms with Gasteiger partial charge in [0.25, 0.3) is 0 Å². The van der Waals surface area contributed by atoms with Crippen LogP contribution in [0.2, 0.25) is 0 Å². The number of carbonyl (C=O) groups is 2. The molecule has 2 unspecified atom stereocenters. The fourth-order valence-electron chi connectivity index (χ4n) is 2.02. The number of esters is 2. The summed E-state index contributed by atoms with van der Waals surface area (Å²) in [6.45, 7) is 8.46. The molecule has 2 atom stereocenters. The summed E-state index contributed by atoms with van der Waals surface area (Å²) in [5.41, 5.74) is 4.58. The van der Waals surface area contributed by atoms with E-state index in [-0.39, 0.29) is 11.8 Å². The third-order valence-electron chi connectivity index (χ3n) is 3.24. The van der Waals surface area contributed by atoms with Crippen molar-refractivity contribution in [1.82, 2.24) is 0 Å². The molecule has 0 fully saturated rings. The Morgan fingerprint density at radius 1 is 0.913 bits per heavy atom. The predicted molar refractivity (Wildman–Crippen MR) is 87.5 cm³/mol. The second kappa shape index (κ2) is 9.30. The highest BCUT2D eigenvalue weighted by Gasteiger charge is 2.38. The molecule has 0 aromatic heterocycles. The number of rotatable bonds is 8. The maximum Gasteiger partial charge on any atom is 0.366 e. The van der Waals surface area contributed by atoms with Gasteiger partial charge in [-0.2, -0.15) is 0 Å². The highest BCUT2D eigenvalue weighted by Crippen LogP contribution is 2.21. The molecular formula is C18H28NO4+. The molecule has 5 heteroatoms. The third kappa shape index (κ3) is 6.40. The Labute approximate surface area is 138 Å². The normalized spacial score (nSPS) is 13.7. The van der Waals surface area contributed by atoms with Crippen molar-refractivity contribution in [2.45, 2.75) is 39.7 Å². The van der Waals surface area contributed by atoms with Gasteiger partial charge in [-0.1, -0.05) is 58.0 Å². The first-order valence-electron chi connectivity index (χ1n) is 8.04. The molecule has 1 aromatic carbocycles. The second-order valence-corrected chi connectivity index (χ2v) is 6.54. The van der Waals surface area contributed by atoms with Crippen molar-refractivity contribution < 1.29 is 24.8 Å². The summed E-state index contributed by atoms with van der Waals surface area (Å²) in [6, 6.07) is 8.27. The Kier molecular flexibility index (Phi) is 7.75. The molecule has 0 aliphatic heterocycles. The zero-order valence-corrected chi connectivity index (χ0v) is 14.5. The molecule has 0 aliphatic carbocycles. The zero-order chi connectivity index (χ0) is 17.4. The highest BCUT2D eigenvalue weighted by molar-refractivity contribution is 5.87. The lowest BCUT2D eigenvalue weighted by Gasteiger charge is -2.20. The van der Waals surface area contributed by atoms with Crippen LogP contribution in [0.25, 0.3) is 0 Å². The largest absolute Gasteiger partial charge is 0.465 e. The maximum atomic E-state index is 12.5. The molecule has 0 radical (unpaired) electrons. The Morgan fingerprint density at radius 3 is 1.87 bits per heavy atom. The first-order valence-corrected chi connectivity index (χ1v) is 8.04. The van der Waals surface area contributed by atoms with Gasteiger partial charge in [0.05, 0.1) is 13.2 Å². The van der Waals surface area contributed by atoms with Gasteiger partial charge in [-0.05, 0) is 17.4 Å². The maximum absolute atomic E-state index is 12.5. The van der Waals surface area contributed by atoms with E-state index in [1.807, 2.05) is 45.9 Å². The summed E-state index contributed by atoms with van der Waals surface area (Å²) in [5.74, 6) is -1.21. The smallest absolute Gasteiger partial charge is 0.366 e. The fraction of sp³-hybridized carbons (Fsp3) is 0.556. The van der Waals surface area contributed by atoms with Gasteiger partial charge in [0, 0.05) is 0 Å². The molecule has 23 heavy (non-hydrogen) atoms. The van der Waals surface area contributed by atoms with Crippen LogP contribution in [-0.4, -0.2) is 31.2 Å². The van der Waals surface area contributed by atoms with Crippen molar-refractivity contribution in [3.63, 3.8) is 0 Å². The topological polar surface area (TPSA) is 80.2 Å². The van der Waals surface area contributed by atoms with E-state index in [2.05, 4.69) is 5.73 Å². The SMILES string of the molecule is CC(C)COC(=O)C([NH3+])C(C(=O)OCC(C)C)c1ccccc1. The van der Waals surface area contributed by atoms with Crippen molar-refractivity contribution in [2.75, 3.05) is 13.2 Å². The van der Waals surface area contributed by atoms with Crippen LogP contribution in [0.5, 0.6) is 0 Å². The van der Waals surface area contributed by atoms with Crippen LogP contribution in [0.4, 0.5) is 0 Å². The molecule has 128 valence electrons. The van der Waals surface area contributed by atoms with Gasteiger partial charge >= 0.3 is 11.9 Å². The van der Waals surface area contributed by atoms with Crippen LogP contribution >= 0.6 is 0 Å². The number of benzene rings is 1. The summed E-state index contributed by atoms with van der Waals surface area (Å²) in [4.78, 5) is 24.7. The molecular weight excluding hydrogens is 294 g/mol. The van der Waals surface area contributed by atoms with E-state index in [0.29, 0.717) is 18.8 Å². The average molecular weight is 322 g/mol. The van der Waals surface area contributed by atoms with Gasteiger partial charge in [0.1, 0.15) is 5.92 Å². The summed E-state index contributed by atoms with van der Waals surface area (Å²) >= 11 is 0.